The van der Waals surface area contributed by atoms with Gasteiger partial charge in [-0.05, 0) is 23.3 Å². The van der Waals surface area contributed by atoms with Crippen molar-refractivity contribution in [3.05, 3.63) is 64.7 Å². The van der Waals surface area contributed by atoms with Crippen molar-refractivity contribution in [3.8, 4) is 0 Å². The molecule has 0 saturated heterocycles. The number of nitrogens with zero attached hydrogens (tertiary/aromatic N) is 1. The smallest absolute Gasteiger partial charge is 0.339 e. The van der Waals surface area contributed by atoms with Crippen LogP contribution in [0.2, 0.25) is 0 Å². The number of carbonyl (C=O) groups excluding carboxylic acids is 2. The first-order chi connectivity index (χ1) is 10.7. The van der Waals surface area contributed by atoms with Crippen LogP contribution in [0.5, 0.6) is 0 Å². The van der Waals surface area contributed by atoms with Crippen molar-refractivity contribution in [1.82, 2.24) is 4.90 Å². The zero-order valence-corrected chi connectivity index (χ0v) is 12.7. The van der Waals surface area contributed by atoms with Gasteiger partial charge in [0.15, 0.2) is 0 Å². The van der Waals surface area contributed by atoms with Gasteiger partial charge >= 0.3 is 5.97 Å². The van der Waals surface area contributed by atoms with Gasteiger partial charge in [-0.1, -0.05) is 42.1 Å². The molecule has 0 bridgehead atoms. The monoisotopic (exact) mass is 311 g/mol. The van der Waals surface area contributed by atoms with Crippen LogP contribution in [0.1, 0.15) is 37.2 Å². The van der Waals surface area contributed by atoms with Crippen molar-refractivity contribution >= 4 is 23.6 Å². The molecular weight excluding hydrogens is 298 g/mol. The van der Waals surface area contributed by atoms with Gasteiger partial charge in [0.1, 0.15) is 5.37 Å². The van der Waals surface area contributed by atoms with E-state index in [1.165, 1.54) is 7.11 Å². The van der Waals surface area contributed by atoms with Crippen molar-refractivity contribution in [2.45, 2.75) is 16.8 Å². The Hall–Kier alpha value is -2.27. The number of fused-ring (bicyclic) bond motifs is 4. The molecule has 110 valence electrons. The molecule has 22 heavy (non-hydrogen) atoms. The van der Waals surface area contributed by atoms with Crippen molar-refractivity contribution < 1.29 is 14.3 Å². The van der Waals surface area contributed by atoms with Gasteiger partial charge in [0, 0.05) is 17.0 Å². The lowest BCUT2D eigenvalue weighted by molar-refractivity contribution is 0.0596. The SMILES string of the molecule is COC(=O)c1cccc2c1SC1c3ccccc3C(=O)N1C2. The van der Waals surface area contributed by atoms with Crippen LogP contribution in [0.15, 0.2) is 47.4 Å². The van der Waals surface area contributed by atoms with Crippen LogP contribution in [0.4, 0.5) is 0 Å². The summed E-state index contributed by atoms with van der Waals surface area (Å²) in [6.07, 6.45) is 0. The Labute approximate surface area is 132 Å². The van der Waals surface area contributed by atoms with E-state index in [4.69, 9.17) is 4.74 Å². The van der Waals surface area contributed by atoms with E-state index in [0.717, 1.165) is 21.6 Å². The van der Waals surface area contributed by atoms with E-state index < -0.39 is 0 Å². The molecule has 0 spiro atoms. The first-order valence-electron chi connectivity index (χ1n) is 6.97. The Morgan fingerprint density at radius 3 is 2.86 bits per heavy atom. The molecule has 1 unspecified atom stereocenters. The highest BCUT2D eigenvalue weighted by Crippen LogP contribution is 2.50. The van der Waals surface area contributed by atoms with Crippen LogP contribution in [-0.2, 0) is 11.3 Å². The molecule has 0 N–H and O–H groups in total. The van der Waals surface area contributed by atoms with Crippen LogP contribution < -0.4 is 0 Å². The van der Waals surface area contributed by atoms with Crippen molar-refractivity contribution in [2.75, 3.05) is 7.11 Å². The van der Waals surface area contributed by atoms with Crippen LogP contribution >= 0.6 is 11.8 Å². The molecule has 0 aromatic heterocycles. The second kappa shape index (κ2) is 4.88. The number of hydrogen-bond donors (Lipinski definition) is 0. The zero-order chi connectivity index (χ0) is 15.3. The van der Waals surface area contributed by atoms with E-state index in [1.54, 1.807) is 17.8 Å². The molecule has 1 atom stereocenters. The molecule has 2 aromatic rings. The van der Waals surface area contributed by atoms with E-state index in [1.807, 2.05) is 41.3 Å². The van der Waals surface area contributed by atoms with Gasteiger partial charge in [-0.3, -0.25) is 4.79 Å². The molecule has 2 aliphatic heterocycles. The Kier molecular flexibility index (Phi) is 2.97. The van der Waals surface area contributed by atoms with Crippen LogP contribution in [0.3, 0.4) is 0 Å². The van der Waals surface area contributed by atoms with Gasteiger partial charge in [0.25, 0.3) is 5.91 Å². The quantitative estimate of drug-likeness (QED) is 0.759. The summed E-state index contributed by atoms with van der Waals surface area (Å²) in [4.78, 5) is 27.3. The average molecular weight is 311 g/mol. The molecule has 0 fully saturated rings. The lowest BCUT2D eigenvalue weighted by atomic mass is 10.1. The molecule has 4 nitrogen and oxygen atoms in total. The summed E-state index contributed by atoms with van der Waals surface area (Å²) in [6, 6.07) is 13.2. The first-order valence-corrected chi connectivity index (χ1v) is 7.85. The highest BCUT2D eigenvalue weighted by Gasteiger charge is 2.41. The van der Waals surface area contributed by atoms with Crippen LogP contribution in [0, 0.1) is 0 Å². The van der Waals surface area contributed by atoms with E-state index >= 15 is 0 Å². The normalized spacial score (nSPS) is 18.5. The minimum Gasteiger partial charge on any atom is -0.465 e. The van der Waals surface area contributed by atoms with Crippen LogP contribution in [-0.4, -0.2) is 23.9 Å². The van der Waals surface area contributed by atoms with Crippen molar-refractivity contribution in [1.29, 1.82) is 0 Å². The fraction of sp³-hybridized carbons (Fsp3) is 0.176. The molecule has 4 rings (SSSR count). The Bertz CT molecular complexity index is 802. The standard InChI is InChI=1S/C17H13NO3S/c1-21-17(20)13-8-4-5-10-9-18-15(19)11-6-2-3-7-12(11)16(18)22-14(10)13/h2-8,16H,9H2,1H3. The predicted molar refractivity (Wildman–Crippen MR) is 82.7 cm³/mol. The number of rotatable bonds is 1. The minimum atomic E-state index is -0.338. The number of carbonyl (C=O) groups is 2. The minimum absolute atomic E-state index is 0.0576. The second-order valence-electron chi connectivity index (χ2n) is 5.28. The number of thioether (sulfide) groups is 1. The highest BCUT2D eigenvalue weighted by atomic mass is 32.2. The van der Waals surface area contributed by atoms with E-state index in [-0.39, 0.29) is 17.3 Å². The predicted octanol–water partition coefficient (Wildman–Crippen LogP) is 3.23. The van der Waals surface area contributed by atoms with Gasteiger partial charge in [-0.2, -0.15) is 0 Å². The summed E-state index contributed by atoms with van der Waals surface area (Å²) in [7, 11) is 1.38. The fourth-order valence-corrected chi connectivity index (χ4v) is 4.45. The molecule has 0 saturated carbocycles. The third-order valence-corrected chi connectivity index (χ3v) is 5.52. The number of esters is 1. The van der Waals surface area contributed by atoms with E-state index in [9.17, 15) is 9.59 Å². The summed E-state index contributed by atoms with van der Waals surface area (Å²) in [6.45, 7) is 0.519. The summed E-state index contributed by atoms with van der Waals surface area (Å²) < 4.78 is 4.87. The number of methoxy groups -OCH3 is 1. The van der Waals surface area contributed by atoms with Gasteiger partial charge in [0.2, 0.25) is 0 Å². The number of amides is 1. The molecule has 0 aliphatic carbocycles. The summed E-state index contributed by atoms with van der Waals surface area (Å²) >= 11 is 1.55. The number of hydrogen-bond acceptors (Lipinski definition) is 4. The summed E-state index contributed by atoms with van der Waals surface area (Å²) in [5.41, 5.74) is 3.34. The van der Waals surface area contributed by atoms with Gasteiger partial charge in [0.05, 0.1) is 12.7 Å². The van der Waals surface area contributed by atoms with Gasteiger partial charge < -0.3 is 9.64 Å². The summed E-state index contributed by atoms with van der Waals surface area (Å²) in [5, 5.41) is -0.0676. The maximum atomic E-state index is 12.5. The number of benzene rings is 2. The van der Waals surface area contributed by atoms with Crippen molar-refractivity contribution in [3.63, 3.8) is 0 Å². The van der Waals surface area contributed by atoms with Gasteiger partial charge in [-0.15, -0.1) is 0 Å². The molecule has 5 heteroatoms. The lowest BCUT2D eigenvalue weighted by Crippen LogP contribution is -2.29. The molecule has 2 aliphatic rings. The summed E-state index contributed by atoms with van der Waals surface area (Å²) in [5.74, 6) is -0.280. The highest BCUT2D eigenvalue weighted by molar-refractivity contribution is 7.99. The zero-order valence-electron chi connectivity index (χ0n) is 11.9. The third-order valence-electron chi connectivity index (χ3n) is 4.07. The second-order valence-corrected chi connectivity index (χ2v) is 6.37. The van der Waals surface area contributed by atoms with Crippen molar-refractivity contribution in [2.24, 2.45) is 0 Å². The maximum Gasteiger partial charge on any atom is 0.339 e. The first kappa shape index (κ1) is 13.4. The molecule has 1 amide bonds. The topological polar surface area (TPSA) is 46.6 Å². The average Bonchev–Trinajstić information content (AvgIpc) is 2.84. The molecule has 0 radical (unpaired) electrons. The molecule has 2 aromatic carbocycles. The van der Waals surface area contributed by atoms with Crippen LogP contribution in [0.25, 0.3) is 0 Å². The lowest BCUT2D eigenvalue weighted by Gasteiger charge is -2.32. The largest absolute Gasteiger partial charge is 0.465 e. The fourth-order valence-electron chi connectivity index (χ4n) is 3.03. The Morgan fingerprint density at radius 1 is 1.23 bits per heavy atom. The van der Waals surface area contributed by atoms with Gasteiger partial charge in [-0.25, -0.2) is 4.79 Å². The third kappa shape index (κ3) is 1.78. The van der Waals surface area contributed by atoms with E-state index in [2.05, 4.69) is 0 Å². The Morgan fingerprint density at radius 2 is 2.05 bits per heavy atom. The molecular formula is C17H13NO3S. The Balaban J connectivity index is 1.83. The van der Waals surface area contributed by atoms with E-state index in [0.29, 0.717) is 12.1 Å². The number of ether oxygens (including phenoxy) is 1. The maximum absolute atomic E-state index is 12.5. The molecule has 2 heterocycles.